The highest BCUT2D eigenvalue weighted by molar-refractivity contribution is 6.60. The monoisotopic (exact) mass is 548 g/mol. The summed E-state index contributed by atoms with van der Waals surface area (Å²) >= 11 is 0. The van der Waals surface area contributed by atoms with Crippen LogP contribution in [0.2, 0.25) is 6.04 Å². The highest BCUT2D eigenvalue weighted by Crippen LogP contribution is 2.14. The minimum atomic E-state index is -2.53. The quantitative estimate of drug-likeness (QED) is 0.111. The number of carbonyl (C=O) groups is 4. The van der Waals surface area contributed by atoms with Gasteiger partial charge in [0.1, 0.15) is 0 Å². The number of methoxy groups -OCH3 is 1. The van der Waals surface area contributed by atoms with Gasteiger partial charge >= 0.3 is 32.7 Å². The normalized spacial score (nSPS) is 9.27. The molecule has 0 aliphatic carbocycles. The van der Waals surface area contributed by atoms with Gasteiger partial charge < -0.3 is 32.6 Å². The van der Waals surface area contributed by atoms with Crippen molar-refractivity contribution in [3.05, 3.63) is 49.6 Å². The van der Waals surface area contributed by atoms with E-state index < -0.39 is 14.8 Å². The van der Waals surface area contributed by atoms with Crippen molar-refractivity contribution < 1.29 is 51.8 Å². The van der Waals surface area contributed by atoms with E-state index in [4.69, 9.17) is 23.1 Å². The zero-order valence-electron chi connectivity index (χ0n) is 23.3. The third-order valence-corrected chi connectivity index (χ3v) is 6.59. The van der Waals surface area contributed by atoms with Crippen LogP contribution >= 0.6 is 0 Å². The van der Waals surface area contributed by atoms with Gasteiger partial charge in [0.05, 0.1) is 20.3 Å². The van der Waals surface area contributed by atoms with Gasteiger partial charge in [-0.25, -0.2) is 19.2 Å². The molecule has 37 heavy (non-hydrogen) atoms. The number of aliphatic carboxylic acids is 1. The van der Waals surface area contributed by atoms with Crippen molar-refractivity contribution in [2.75, 3.05) is 41.7 Å². The molecule has 0 aliphatic rings. The van der Waals surface area contributed by atoms with Crippen molar-refractivity contribution in [1.29, 1.82) is 0 Å². The standard InChI is InChI=1S/C10H20O5Si.C7H12O2.C5H8O2.C3H4O2/c1-9(2)10(11)15-7-6-8-16(12-3,13-4)14-5;1-3-5-6-9-7(8)4-2;1-4(2)5(6)7-3;1-2-3(4)5/h1,6-8H2,2-5H3;4H,2-3,5-6H2,1H3;1H2,2-3H3;2H,1H2,(H,4,5). The molecule has 1 N–H and O–H groups in total. The third-order valence-electron chi connectivity index (χ3n) is 3.76. The molecule has 0 radical (unpaired) electrons. The summed E-state index contributed by atoms with van der Waals surface area (Å²) < 4.78 is 29.6. The fourth-order valence-corrected chi connectivity index (χ4v) is 3.37. The average molecular weight is 549 g/mol. The van der Waals surface area contributed by atoms with Gasteiger partial charge in [-0.1, -0.05) is 39.7 Å². The molecular formula is C25H44O11Si. The lowest BCUT2D eigenvalue weighted by Crippen LogP contribution is -2.42. The highest BCUT2D eigenvalue weighted by atomic mass is 28.4. The maximum Gasteiger partial charge on any atom is 0.500 e. The summed E-state index contributed by atoms with van der Waals surface area (Å²) in [4.78, 5) is 40.9. The fourth-order valence-electron chi connectivity index (χ4n) is 1.68. The van der Waals surface area contributed by atoms with E-state index >= 15 is 0 Å². The number of unbranched alkanes of at least 4 members (excludes halogenated alkanes) is 1. The molecule has 0 atom stereocenters. The highest BCUT2D eigenvalue weighted by Gasteiger charge is 2.36. The topological polar surface area (TPSA) is 144 Å². The van der Waals surface area contributed by atoms with Crippen LogP contribution in [0.25, 0.3) is 0 Å². The average Bonchev–Trinajstić information content (AvgIpc) is 2.89. The van der Waals surface area contributed by atoms with Crippen molar-refractivity contribution in [3.8, 4) is 0 Å². The maximum atomic E-state index is 11.1. The molecule has 0 heterocycles. The third kappa shape index (κ3) is 29.1. The van der Waals surface area contributed by atoms with Gasteiger partial charge in [-0.3, -0.25) is 0 Å². The summed E-state index contributed by atoms with van der Waals surface area (Å²) in [6, 6.07) is 0.611. The molecule has 11 nitrogen and oxygen atoms in total. The molecule has 0 aromatic carbocycles. The van der Waals surface area contributed by atoms with E-state index in [1.165, 1.54) is 13.2 Å². The van der Waals surface area contributed by atoms with Gasteiger partial charge in [0.25, 0.3) is 0 Å². The minimum absolute atomic E-state index is 0.316. The predicted molar refractivity (Wildman–Crippen MR) is 143 cm³/mol. The van der Waals surface area contributed by atoms with E-state index in [1.54, 1.807) is 35.2 Å². The van der Waals surface area contributed by atoms with Gasteiger partial charge in [0.15, 0.2) is 0 Å². The second-order valence-corrected chi connectivity index (χ2v) is 9.95. The lowest BCUT2D eigenvalue weighted by Gasteiger charge is -2.24. The zero-order chi connectivity index (χ0) is 29.9. The predicted octanol–water partition coefficient (Wildman–Crippen LogP) is 3.88. The number of rotatable bonds is 14. The van der Waals surface area contributed by atoms with Crippen molar-refractivity contribution in [1.82, 2.24) is 0 Å². The van der Waals surface area contributed by atoms with Gasteiger partial charge in [0.2, 0.25) is 0 Å². The molecule has 0 unspecified atom stereocenters. The van der Waals surface area contributed by atoms with Crippen LogP contribution in [-0.4, -0.2) is 79.4 Å². The Balaban J connectivity index is -0.000000219. The molecule has 0 aromatic heterocycles. The number of hydrogen-bond acceptors (Lipinski definition) is 10. The summed E-state index contributed by atoms with van der Waals surface area (Å²) in [6.45, 7) is 19.2. The Morgan fingerprint density at radius 3 is 1.49 bits per heavy atom. The van der Waals surface area contributed by atoms with Crippen LogP contribution < -0.4 is 0 Å². The van der Waals surface area contributed by atoms with Crippen molar-refractivity contribution >= 4 is 32.7 Å². The number of ether oxygens (including phenoxy) is 3. The summed E-state index contributed by atoms with van der Waals surface area (Å²) in [5, 5.41) is 7.60. The Morgan fingerprint density at radius 1 is 0.784 bits per heavy atom. The SMILES string of the molecule is C=C(C)C(=O)OC.C=C(C)C(=O)OCCC[Si](OC)(OC)OC.C=CC(=O)O.C=CC(=O)OCCCC. The Labute approximate surface area is 222 Å². The van der Waals surface area contributed by atoms with Crippen LogP contribution in [0.3, 0.4) is 0 Å². The molecule has 0 rings (SSSR count). The fraction of sp³-hybridized carbons (Fsp3) is 0.520. The largest absolute Gasteiger partial charge is 0.500 e. The summed E-state index contributed by atoms with van der Waals surface area (Å²) in [5.74, 6) is -2.03. The molecule has 0 fully saturated rings. The second kappa shape index (κ2) is 27.5. The summed E-state index contributed by atoms with van der Waals surface area (Å²) in [7, 11) is 3.46. The van der Waals surface area contributed by atoms with Gasteiger partial charge in [-0.2, -0.15) is 0 Å². The van der Waals surface area contributed by atoms with Crippen LogP contribution in [0.4, 0.5) is 0 Å². The summed E-state index contributed by atoms with van der Waals surface area (Å²) in [6.07, 6.45) is 4.63. The molecule has 0 aliphatic heterocycles. The number of carboxylic acids is 1. The lowest BCUT2D eigenvalue weighted by molar-refractivity contribution is -0.139. The van der Waals surface area contributed by atoms with Crippen molar-refractivity contribution in [2.45, 2.75) is 46.1 Å². The molecule has 0 amide bonds. The molecule has 0 spiro atoms. The molecular weight excluding hydrogens is 504 g/mol. The van der Waals surface area contributed by atoms with Gasteiger partial charge in [-0.05, 0) is 26.7 Å². The van der Waals surface area contributed by atoms with Gasteiger partial charge in [-0.15, -0.1) is 0 Å². The van der Waals surface area contributed by atoms with E-state index in [-0.39, 0.29) is 17.9 Å². The number of carbonyl (C=O) groups excluding carboxylic acids is 3. The van der Waals surface area contributed by atoms with Crippen molar-refractivity contribution in [3.63, 3.8) is 0 Å². The van der Waals surface area contributed by atoms with Gasteiger partial charge in [0, 0.05) is 50.7 Å². The minimum Gasteiger partial charge on any atom is -0.478 e. The van der Waals surface area contributed by atoms with Crippen LogP contribution in [0.1, 0.15) is 40.0 Å². The molecule has 0 bridgehead atoms. The van der Waals surface area contributed by atoms with E-state index in [2.05, 4.69) is 35.8 Å². The van der Waals surface area contributed by atoms with Crippen molar-refractivity contribution in [2.24, 2.45) is 0 Å². The number of esters is 3. The zero-order valence-corrected chi connectivity index (χ0v) is 24.3. The van der Waals surface area contributed by atoms with Crippen LogP contribution in [0, 0.1) is 0 Å². The first-order valence-corrected chi connectivity index (χ1v) is 13.1. The second-order valence-electron chi connectivity index (χ2n) is 6.85. The summed E-state index contributed by atoms with van der Waals surface area (Å²) in [5.41, 5.74) is 0.830. The van der Waals surface area contributed by atoms with E-state index in [0.29, 0.717) is 36.8 Å². The van der Waals surface area contributed by atoms with E-state index in [0.717, 1.165) is 18.9 Å². The van der Waals surface area contributed by atoms with Crippen LogP contribution in [0.5, 0.6) is 0 Å². The number of hydrogen-bond donors (Lipinski definition) is 1. The van der Waals surface area contributed by atoms with E-state index in [9.17, 15) is 19.2 Å². The smallest absolute Gasteiger partial charge is 0.478 e. The maximum absolute atomic E-state index is 11.1. The Bertz CT molecular complexity index is 705. The lowest BCUT2D eigenvalue weighted by atomic mass is 10.4. The molecule has 214 valence electrons. The Hall–Kier alpha value is -3.06. The Morgan fingerprint density at radius 2 is 1.22 bits per heavy atom. The first-order valence-electron chi connectivity index (χ1n) is 11.1. The Kier molecular flexibility index (Phi) is 30.6. The van der Waals surface area contributed by atoms with Crippen LogP contribution in [0.15, 0.2) is 49.6 Å². The van der Waals surface area contributed by atoms with E-state index in [1.807, 2.05) is 6.92 Å². The first kappa shape index (κ1) is 41.1. The molecule has 0 aromatic rings. The molecule has 0 saturated carbocycles. The molecule has 12 heteroatoms. The number of carboxylic acid groups (broad SMARTS) is 1. The van der Waals surface area contributed by atoms with Crippen LogP contribution in [-0.2, 0) is 46.7 Å². The first-order chi connectivity index (χ1) is 17.3. The molecule has 0 saturated heterocycles.